The van der Waals surface area contributed by atoms with Crippen LogP contribution in [0.5, 0.6) is 0 Å². The molecular weight excluding hydrogens is 280 g/mol. The predicted molar refractivity (Wildman–Crippen MR) is 80.9 cm³/mol. The summed E-state index contributed by atoms with van der Waals surface area (Å²) in [5.41, 5.74) is -0.805. The third kappa shape index (κ3) is 1.72. The van der Waals surface area contributed by atoms with Crippen LogP contribution >= 0.6 is 0 Å². The van der Waals surface area contributed by atoms with Crippen LogP contribution in [0.15, 0.2) is 23.8 Å². The number of ketones is 1. The zero-order chi connectivity index (χ0) is 15.7. The van der Waals surface area contributed by atoms with Crippen molar-refractivity contribution in [2.45, 2.75) is 56.8 Å². The minimum absolute atomic E-state index is 0.0369. The fraction of sp³-hybridized carbons (Fsp3) is 0.722. The van der Waals surface area contributed by atoms with E-state index in [1.165, 1.54) is 12.2 Å². The summed E-state index contributed by atoms with van der Waals surface area (Å²) in [4.78, 5) is 11.6. The summed E-state index contributed by atoms with van der Waals surface area (Å²) in [7, 11) is 0. The lowest BCUT2D eigenvalue weighted by Gasteiger charge is -2.56. The van der Waals surface area contributed by atoms with E-state index in [2.05, 4.69) is 6.92 Å². The van der Waals surface area contributed by atoms with E-state index in [0.717, 1.165) is 25.7 Å². The Hall–Kier alpha value is -0.970. The molecule has 0 aromatic rings. The summed E-state index contributed by atoms with van der Waals surface area (Å²) in [6.07, 6.45) is 7.49. The lowest BCUT2D eigenvalue weighted by atomic mass is 9.51. The van der Waals surface area contributed by atoms with Gasteiger partial charge >= 0.3 is 0 Å². The van der Waals surface area contributed by atoms with Gasteiger partial charge in [0.2, 0.25) is 0 Å². The summed E-state index contributed by atoms with van der Waals surface area (Å²) in [6, 6.07) is 0. The van der Waals surface area contributed by atoms with Crippen LogP contribution in [-0.4, -0.2) is 38.9 Å². The number of fused-ring (bicyclic) bond motifs is 5. The van der Waals surface area contributed by atoms with Crippen LogP contribution in [0.4, 0.5) is 0 Å². The van der Waals surface area contributed by atoms with Crippen LogP contribution < -0.4 is 0 Å². The Balaban J connectivity index is 1.74. The maximum Gasteiger partial charge on any atom is 0.178 e. The van der Waals surface area contributed by atoms with Crippen molar-refractivity contribution in [1.82, 2.24) is 0 Å². The van der Waals surface area contributed by atoms with Crippen LogP contribution in [0.2, 0.25) is 0 Å². The highest BCUT2D eigenvalue weighted by Gasteiger charge is 2.60. The molecule has 3 fully saturated rings. The van der Waals surface area contributed by atoms with Crippen LogP contribution in [0.25, 0.3) is 0 Å². The van der Waals surface area contributed by atoms with E-state index >= 15 is 0 Å². The molecule has 120 valence electrons. The van der Waals surface area contributed by atoms with Crippen LogP contribution in [0.3, 0.4) is 0 Å². The first-order chi connectivity index (χ1) is 10.4. The zero-order valence-corrected chi connectivity index (χ0v) is 12.9. The quantitative estimate of drug-likeness (QED) is 0.631. The van der Waals surface area contributed by atoms with Gasteiger partial charge in [-0.05, 0) is 79.1 Å². The van der Waals surface area contributed by atoms with E-state index in [1.54, 1.807) is 6.08 Å². The molecule has 4 nitrogen and oxygen atoms in total. The lowest BCUT2D eigenvalue weighted by molar-refractivity contribution is -0.119. The number of allylic oxidation sites excluding steroid dienone is 2. The minimum Gasteiger partial charge on any atom is -0.393 e. The maximum absolute atomic E-state index is 11.6. The Bertz CT molecular complexity index is 580. The third-order valence-corrected chi connectivity index (χ3v) is 7.07. The lowest BCUT2D eigenvalue weighted by Crippen LogP contribution is -2.57. The van der Waals surface area contributed by atoms with Crippen LogP contribution in [-0.2, 0) is 4.79 Å². The molecule has 0 saturated heterocycles. The van der Waals surface area contributed by atoms with Gasteiger partial charge in [-0.2, -0.15) is 0 Å². The first-order valence-electron chi connectivity index (χ1n) is 8.40. The van der Waals surface area contributed by atoms with E-state index in [-0.39, 0.29) is 29.1 Å². The molecule has 4 aliphatic carbocycles. The normalized spacial score (nSPS) is 53.5. The van der Waals surface area contributed by atoms with Crippen molar-refractivity contribution < 1.29 is 20.1 Å². The second-order valence-corrected chi connectivity index (χ2v) is 7.93. The van der Waals surface area contributed by atoms with Crippen molar-refractivity contribution in [1.29, 1.82) is 0 Å². The van der Waals surface area contributed by atoms with Crippen LogP contribution in [0.1, 0.15) is 39.0 Å². The molecule has 7 atom stereocenters. The molecule has 0 heterocycles. The van der Waals surface area contributed by atoms with Crippen molar-refractivity contribution in [2.75, 3.05) is 0 Å². The van der Waals surface area contributed by atoms with Crippen molar-refractivity contribution in [3.8, 4) is 0 Å². The Labute approximate surface area is 130 Å². The van der Waals surface area contributed by atoms with Gasteiger partial charge in [-0.15, -0.1) is 0 Å². The fourth-order valence-electron chi connectivity index (χ4n) is 5.84. The van der Waals surface area contributed by atoms with E-state index in [4.69, 9.17) is 0 Å². The van der Waals surface area contributed by atoms with Gasteiger partial charge in [0.15, 0.2) is 5.78 Å². The number of carbonyl (C=O) groups is 1. The molecule has 22 heavy (non-hydrogen) atoms. The predicted octanol–water partition coefficient (Wildman–Crippen LogP) is 1.35. The molecule has 4 heteroatoms. The minimum atomic E-state index is -1.19. The van der Waals surface area contributed by atoms with E-state index in [1.807, 2.05) is 0 Å². The number of carbonyl (C=O) groups excluding carboxylic acids is 1. The van der Waals surface area contributed by atoms with Gasteiger partial charge in [0.25, 0.3) is 0 Å². The van der Waals surface area contributed by atoms with Crippen molar-refractivity contribution in [2.24, 2.45) is 23.2 Å². The van der Waals surface area contributed by atoms with Gasteiger partial charge < -0.3 is 15.3 Å². The molecule has 0 amide bonds. The molecule has 0 aromatic carbocycles. The number of aliphatic hydroxyl groups excluding tert-OH is 2. The van der Waals surface area contributed by atoms with E-state index < -0.39 is 11.7 Å². The number of rotatable bonds is 0. The van der Waals surface area contributed by atoms with Crippen molar-refractivity contribution in [3.05, 3.63) is 23.8 Å². The highest BCUT2D eigenvalue weighted by molar-refractivity contribution is 6.01. The maximum atomic E-state index is 11.6. The average molecular weight is 304 g/mol. The molecule has 4 rings (SSSR count). The molecule has 0 bridgehead atoms. The smallest absolute Gasteiger partial charge is 0.178 e. The van der Waals surface area contributed by atoms with Gasteiger partial charge in [0, 0.05) is 0 Å². The molecule has 3 N–H and O–H groups in total. The first kappa shape index (κ1) is 14.6. The van der Waals surface area contributed by atoms with Crippen molar-refractivity contribution >= 4 is 5.78 Å². The van der Waals surface area contributed by atoms with Gasteiger partial charge in [0.1, 0.15) is 5.60 Å². The van der Waals surface area contributed by atoms with Gasteiger partial charge in [-0.25, -0.2) is 0 Å². The molecule has 0 unspecified atom stereocenters. The summed E-state index contributed by atoms with van der Waals surface area (Å²) >= 11 is 0. The Morgan fingerprint density at radius 3 is 2.73 bits per heavy atom. The molecule has 3 saturated carbocycles. The molecule has 4 aliphatic rings. The third-order valence-electron chi connectivity index (χ3n) is 7.07. The fourth-order valence-corrected chi connectivity index (χ4v) is 5.84. The zero-order valence-electron chi connectivity index (χ0n) is 12.9. The summed E-state index contributed by atoms with van der Waals surface area (Å²) < 4.78 is 0. The molecule has 0 aromatic heterocycles. The molecule has 0 spiro atoms. The van der Waals surface area contributed by atoms with Gasteiger partial charge in [-0.3, -0.25) is 4.79 Å². The first-order valence-corrected chi connectivity index (χ1v) is 8.40. The second kappa shape index (κ2) is 4.53. The standard InChI is InChI=1S/C18H24O4/c1-17-6-5-13-11(12(17)2-3-16(17)21)9-15(20)14-8-10(19)4-7-18(13,14)22/h4,7-8,11-13,15-16,20-22H,2-3,5-6,9H2,1H3/t11-,12-,13-,15+,16-,17-,18-/m0/s1. The molecule has 0 aliphatic heterocycles. The number of hydrogen-bond acceptors (Lipinski definition) is 4. The number of aliphatic hydroxyl groups is 3. The number of hydrogen-bond donors (Lipinski definition) is 3. The van der Waals surface area contributed by atoms with Gasteiger partial charge in [-0.1, -0.05) is 6.92 Å². The van der Waals surface area contributed by atoms with Gasteiger partial charge in [0.05, 0.1) is 12.2 Å². The van der Waals surface area contributed by atoms with E-state index in [9.17, 15) is 20.1 Å². The average Bonchev–Trinajstić information content (AvgIpc) is 2.77. The summed E-state index contributed by atoms with van der Waals surface area (Å²) in [5, 5.41) is 32.1. The Morgan fingerprint density at radius 2 is 1.95 bits per heavy atom. The highest BCUT2D eigenvalue weighted by atomic mass is 16.3. The second-order valence-electron chi connectivity index (χ2n) is 7.93. The Kier molecular flexibility index (Phi) is 3.01. The summed E-state index contributed by atoms with van der Waals surface area (Å²) in [5.74, 6) is 0.419. The van der Waals surface area contributed by atoms with Crippen LogP contribution in [0, 0.1) is 23.2 Å². The van der Waals surface area contributed by atoms with E-state index in [0.29, 0.717) is 17.9 Å². The topological polar surface area (TPSA) is 77.8 Å². The monoisotopic (exact) mass is 304 g/mol. The molecule has 0 radical (unpaired) electrons. The largest absolute Gasteiger partial charge is 0.393 e. The summed E-state index contributed by atoms with van der Waals surface area (Å²) in [6.45, 7) is 2.16. The molecular formula is C18H24O4. The SMILES string of the molecule is C[C@]12CC[C@H]3[C@@H](C[C@@H](O)C4=CC(=O)C=C[C@@]43O)[C@@H]1CC[C@@H]2O. The van der Waals surface area contributed by atoms with Crippen molar-refractivity contribution in [3.63, 3.8) is 0 Å². The highest BCUT2D eigenvalue weighted by Crippen LogP contribution is 2.62. The Morgan fingerprint density at radius 1 is 1.18 bits per heavy atom.